The molecular formula is C16H15BrN2O4S. The molecule has 0 aromatic heterocycles. The number of halogens is 1. The molecule has 0 aliphatic rings. The van der Waals surface area contributed by atoms with E-state index >= 15 is 0 Å². The van der Waals surface area contributed by atoms with E-state index in [-0.39, 0.29) is 17.3 Å². The summed E-state index contributed by atoms with van der Waals surface area (Å²) in [5, 5.41) is 13.2. The van der Waals surface area contributed by atoms with Crippen molar-refractivity contribution in [1.82, 2.24) is 0 Å². The normalized spacial score (nSPS) is 11.6. The zero-order valence-electron chi connectivity index (χ0n) is 13.0. The second-order valence-electron chi connectivity index (χ2n) is 4.82. The number of nitrogens with zero attached hydrogens (tertiary/aromatic N) is 1. The van der Waals surface area contributed by atoms with E-state index in [2.05, 4.69) is 21.2 Å². The zero-order chi connectivity index (χ0) is 17.7. The average Bonchev–Trinajstić information content (AvgIpc) is 2.56. The summed E-state index contributed by atoms with van der Waals surface area (Å²) in [5.74, 6) is 0.0987. The molecule has 24 heavy (non-hydrogen) atoms. The Morgan fingerprint density at radius 3 is 2.67 bits per heavy atom. The summed E-state index contributed by atoms with van der Waals surface area (Å²) in [6, 6.07) is 11.7. The molecule has 2 rings (SSSR count). The van der Waals surface area contributed by atoms with Crippen molar-refractivity contribution in [3.63, 3.8) is 0 Å². The molecule has 2 aromatic carbocycles. The Morgan fingerprint density at radius 1 is 1.33 bits per heavy atom. The Balaban J connectivity index is 2.15. The van der Waals surface area contributed by atoms with Gasteiger partial charge in [-0.3, -0.25) is 14.9 Å². The van der Waals surface area contributed by atoms with Crippen LogP contribution in [0.3, 0.4) is 0 Å². The van der Waals surface area contributed by atoms with Crippen LogP contribution >= 0.6 is 27.7 Å². The van der Waals surface area contributed by atoms with Crippen molar-refractivity contribution in [1.29, 1.82) is 0 Å². The molecule has 0 aliphatic carbocycles. The summed E-state index contributed by atoms with van der Waals surface area (Å²) in [7, 11) is 1.44. The Bertz CT molecular complexity index is 769. The molecule has 8 heteroatoms. The van der Waals surface area contributed by atoms with Gasteiger partial charge in [-0.1, -0.05) is 12.1 Å². The van der Waals surface area contributed by atoms with E-state index < -0.39 is 10.2 Å². The second kappa shape index (κ2) is 8.16. The Labute approximate surface area is 151 Å². The lowest BCUT2D eigenvalue weighted by atomic mass is 10.2. The van der Waals surface area contributed by atoms with E-state index in [1.807, 2.05) is 24.3 Å². The lowest BCUT2D eigenvalue weighted by Gasteiger charge is -2.14. The smallest absolute Gasteiger partial charge is 0.271 e. The molecule has 0 bridgehead atoms. The van der Waals surface area contributed by atoms with Gasteiger partial charge in [0.05, 0.1) is 23.0 Å². The first-order valence-electron chi connectivity index (χ1n) is 6.97. The van der Waals surface area contributed by atoms with E-state index in [0.717, 1.165) is 9.37 Å². The minimum Gasteiger partial charge on any atom is -0.495 e. The van der Waals surface area contributed by atoms with Gasteiger partial charge in [0.15, 0.2) is 0 Å². The Morgan fingerprint density at radius 2 is 2.04 bits per heavy atom. The van der Waals surface area contributed by atoms with Crippen LogP contribution in [0.1, 0.15) is 6.92 Å². The number of benzene rings is 2. The van der Waals surface area contributed by atoms with Crippen LogP contribution < -0.4 is 10.1 Å². The van der Waals surface area contributed by atoms with E-state index in [9.17, 15) is 14.9 Å². The number of amides is 1. The van der Waals surface area contributed by atoms with Crippen LogP contribution in [0.25, 0.3) is 0 Å². The van der Waals surface area contributed by atoms with Crippen LogP contribution in [0, 0.1) is 10.1 Å². The third-order valence-electron chi connectivity index (χ3n) is 3.16. The number of ether oxygens (including phenoxy) is 1. The number of nitrogens with one attached hydrogen (secondary N) is 1. The highest BCUT2D eigenvalue weighted by Crippen LogP contribution is 2.33. The monoisotopic (exact) mass is 410 g/mol. The number of methoxy groups -OCH3 is 1. The summed E-state index contributed by atoms with van der Waals surface area (Å²) in [6.45, 7) is 1.77. The van der Waals surface area contributed by atoms with Crippen molar-refractivity contribution < 1.29 is 14.5 Å². The van der Waals surface area contributed by atoms with Gasteiger partial charge >= 0.3 is 0 Å². The maximum Gasteiger partial charge on any atom is 0.271 e. The number of thioether (sulfide) groups is 1. The maximum absolute atomic E-state index is 12.4. The molecule has 0 aliphatic heterocycles. The average molecular weight is 411 g/mol. The van der Waals surface area contributed by atoms with Crippen molar-refractivity contribution in [2.24, 2.45) is 0 Å². The van der Waals surface area contributed by atoms with Gasteiger partial charge in [0.1, 0.15) is 5.75 Å². The number of rotatable bonds is 6. The molecule has 0 heterocycles. The van der Waals surface area contributed by atoms with Gasteiger partial charge in [0.25, 0.3) is 5.69 Å². The van der Waals surface area contributed by atoms with E-state index in [1.54, 1.807) is 6.92 Å². The summed E-state index contributed by atoms with van der Waals surface area (Å²) < 4.78 is 6.05. The van der Waals surface area contributed by atoms with Crippen molar-refractivity contribution >= 4 is 45.0 Å². The fourth-order valence-electron chi connectivity index (χ4n) is 1.93. The standard InChI is InChI=1S/C16H15BrN2O4S/c1-10(24-15-6-4-3-5-12(15)17)16(20)18-13-9-11(19(21)22)7-8-14(13)23-2/h3-10H,1-2H3,(H,18,20). The third-order valence-corrected chi connectivity index (χ3v) is 5.29. The molecule has 1 N–H and O–H groups in total. The number of non-ortho nitro benzene ring substituents is 1. The van der Waals surface area contributed by atoms with Gasteiger partial charge < -0.3 is 10.1 Å². The first-order valence-corrected chi connectivity index (χ1v) is 8.64. The molecule has 1 amide bonds. The molecule has 6 nitrogen and oxygen atoms in total. The second-order valence-corrected chi connectivity index (χ2v) is 7.06. The summed E-state index contributed by atoms with van der Waals surface area (Å²) in [6.07, 6.45) is 0. The molecule has 0 saturated heterocycles. The predicted molar refractivity (Wildman–Crippen MR) is 97.7 cm³/mol. The molecule has 0 radical (unpaired) electrons. The van der Waals surface area contributed by atoms with Crippen LogP contribution in [0.5, 0.6) is 5.75 Å². The third kappa shape index (κ3) is 4.48. The fourth-order valence-corrected chi connectivity index (χ4v) is 3.38. The lowest BCUT2D eigenvalue weighted by Crippen LogP contribution is -2.22. The molecule has 2 aromatic rings. The maximum atomic E-state index is 12.4. The van der Waals surface area contributed by atoms with Gasteiger partial charge in [0, 0.05) is 21.5 Å². The van der Waals surface area contributed by atoms with Crippen molar-refractivity contribution in [2.45, 2.75) is 17.1 Å². The van der Waals surface area contributed by atoms with Crippen LogP contribution in [-0.4, -0.2) is 23.2 Å². The highest BCUT2D eigenvalue weighted by atomic mass is 79.9. The van der Waals surface area contributed by atoms with Crippen molar-refractivity contribution in [3.05, 3.63) is 57.1 Å². The number of nitro groups is 1. The molecular weight excluding hydrogens is 396 g/mol. The van der Waals surface area contributed by atoms with Crippen LogP contribution in [0.4, 0.5) is 11.4 Å². The number of hydrogen-bond acceptors (Lipinski definition) is 5. The lowest BCUT2D eigenvalue weighted by molar-refractivity contribution is -0.384. The number of nitro benzene ring substituents is 1. The van der Waals surface area contributed by atoms with E-state index in [4.69, 9.17) is 4.74 Å². The highest BCUT2D eigenvalue weighted by molar-refractivity contribution is 9.10. The molecule has 0 fully saturated rings. The van der Waals surface area contributed by atoms with Gasteiger partial charge in [-0.05, 0) is 41.1 Å². The molecule has 0 spiro atoms. The Kier molecular flexibility index (Phi) is 6.22. The fraction of sp³-hybridized carbons (Fsp3) is 0.188. The summed E-state index contributed by atoms with van der Waals surface area (Å²) in [5.41, 5.74) is 0.161. The van der Waals surface area contributed by atoms with E-state index in [1.165, 1.54) is 37.1 Å². The summed E-state index contributed by atoms with van der Waals surface area (Å²) >= 11 is 4.83. The number of carbonyl (C=O) groups is 1. The summed E-state index contributed by atoms with van der Waals surface area (Å²) in [4.78, 5) is 23.7. The number of carbonyl (C=O) groups excluding carboxylic acids is 1. The van der Waals surface area contributed by atoms with Gasteiger partial charge in [0.2, 0.25) is 5.91 Å². The predicted octanol–water partition coefficient (Wildman–Crippen LogP) is 4.49. The van der Waals surface area contributed by atoms with E-state index in [0.29, 0.717) is 5.75 Å². The van der Waals surface area contributed by atoms with Gasteiger partial charge in [-0.15, -0.1) is 11.8 Å². The quantitative estimate of drug-likeness (QED) is 0.431. The molecule has 126 valence electrons. The van der Waals surface area contributed by atoms with Crippen LogP contribution in [0.2, 0.25) is 0 Å². The van der Waals surface area contributed by atoms with Crippen molar-refractivity contribution in [2.75, 3.05) is 12.4 Å². The molecule has 1 unspecified atom stereocenters. The SMILES string of the molecule is COc1ccc([N+](=O)[O-])cc1NC(=O)C(C)Sc1ccccc1Br. The molecule has 1 atom stereocenters. The van der Waals surface area contributed by atoms with Gasteiger partial charge in [-0.25, -0.2) is 0 Å². The molecule has 0 saturated carbocycles. The minimum atomic E-state index is -0.519. The van der Waals surface area contributed by atoms with Crippen LogP contribution in [-0.2, 0) is 4.79 Å². The largest absolute Gasteiger partial charge is 0.495 e. The van der Waals surface area contributed by atoms with Crippen LogP contribution in [0.15, 0.2) is 51.8 Å². The first-order chi connectivity index (χ1) is 11.4. The number of anilines is 1. The Hall–Kier alpha value is -2.06. The first kappa shape index (κ1) is 18.3. The topological polar surface area (TPSA) is 81.5 Å². The minimum absolute atomic E-state index is 0.114. The van der Waals surface area contributed by atoms with Gasteiger partial charge in [-0.2, -0.15) is 0 Å². The highest BCUT2D eigenvalue weighted by Gasteiger charge is 2.19. The zero-order valence-corrected chi connectivity index (χ0v) is 15.4. The van der Waals surface area contributed by atoms with Crippen molar-refractivity contribution in [3.8, 4) is 5.75 Å². The number of hydrogen-bond donors (Lipinski definition) is 1.